The first-order chi connectivity index (χ1) is 8.05. The van der Waals surface area contributed by atoms with E-state index in [1.54, 1.807) is 24.3 Å². The summed E-state index contributed by atoms with van der Waals surface area (Å²) in [7, 11) is -3.12. The lowest BCUT2D eigenvalue weighted by Crippen LogP contribution is -2.28. The molecule has 1 aromatic rings. The lowest BCUT2D eigenvalue weighted by Gasteiger charge is -2.12. The van der Waals surface area contributed by atoms with Crippen LogP contribution in [0.3, 0.4) is 0 Å². The van der Waals surface area contributed by atoms with Crippen LogP contribution in [-0.4, -0.2) is 33.9 Å². The van der Waals surface area contributed by atoms with E-state index in [4.69, 9.17) is 4.74 Å². The SMILES string of the molecule is CS(=O)(=O)c1ccc(OC[C@H]2CCCN2)cc1. The molecule has 0 radical (unpaired) electrons. The van der Waals surface area contributed by atoms with Gasteiger partial charge in [0.15, 0.2) is 9.84 Å². The molecule has 1 fully saturated rings. The quantitative estimate of drug-likeness (QED) is 0.879. The van der Waals surface area contributed by atoms with Crippen LogP contribution in [0, 0.1) is 0 Å². The minimum atomic E-state index is -3.12. The van der Waals surface area contributed by atoms with Crippen molar-refractivity contribution in [2.75, 3.05) is 19.4 Å². The third kappa shape index (κ3) is 3.44. The molecule has 0 bridgehead atoms. The molecule has 94 valence electrons. The topological polar surface area (TPSA) is 55.4 Å². The molecule has 1 heterocycles. The Morgan fingerprint density at radius 2 is 2.06 bits per heavy atom. The summed E-state index contributed by atoms with van der Waals surface area (Å²) in [6.07, 6.45) is 3.54. The van der Waals surface area contributed by atoms with Crippen LogP contribution >= 0.6 is 0 Å². The minimum Gasteiger partial charge on any atom is -0.492 e. The van der Waals surface area contributed by atoms with Crippen molar-refractivity contribution in [1.82, 2.24) is 5.32 Å². The molecule has 1 N–H and O–H groups in total. The summed E-state index contributed by atoms with van der Waals surface area (Å²) in [5.41, 5.74) is 0. The van der Waals surface area contributed by atoms with E-state index in [0.29, 0.717) is 23.3 Å². The van der Waals surface area contributed by atoms with Gasteiger partial charge in [0.2, 0.25) is 0 Å². The third-order valence-corrected chi connectivity index (χ3v) is 3.99. The molecule has 1 atom stereocenters. The summed E-state index contributed by atoms with van der Waals surface area (Å²) in [5.74, 6) is 0.714. The van der Waals surface area contributed by atoms with Gasteiger partial charge in [-0.15, -0.1) is 0 Å². The van der Waals surface area contributed by atoms with E-state index in [1.165, 1.54) is 12.7 Å². The Morgan fingerprint density at radius 3 is 2.59 bits per heavy atom. The Hall–Kier alpha value is -1.07. The first-order valence-corrected chi connectivity index (χ1v) is 7.61. The lowest BCUT2D eigenvalue weighted by molar-refractivity contribution is 0.277. The van der Waals surface area contributed by atoms with Crippen LogP contribution in [-0.2, 0) is 9.84 Å². The van der Waals surface area contributed by atoms with Gasteiger partial charge in [-0.05, 0) is 43.7 Å². The molecule has 0 aromatic heterocycles. The summed E-state index contributed by atoms with van der Waals surface area (Å²) < 4.78 is 28.1. The number of benzene rings is 1. The Balaban J connectivity index is 1.94. The largest absolute Gasteiger partial charge is 0.492 e. The highest BCUT2D eigenvalue weighted by molar-refractivity contribution is 7.90. The smallest absolute Gasteiger partial charge is 0.175 e. The first kappa shape index (κ1) is 12.4. The standard InChI is InChI=1S/C12H17NO3S/c1-17(14,15)12-6-4-11(5-7-12)16-9-10-3-2-8-13-10/h4-7,10,13H,2-3,8-9H2,1H3/t10-/m1/s1. The van der Waals surface area contributed by atoms with Crippen molar-refractivity contribution in [1.29, 1.82) is 0 Å². The van der Waals surface area contributed by atoms with Gasteiger partial charge < -0.3 is 10.1 Å². The average Bonchev–Trinajstić information content (AvgIpc) is 2.78. The van der Waals surface area contributed by atoms with Gasteiger partial charge in [-0.25, -0.2) is 8.42 Å². The van der Waals surface area contributed by atoms with Crippen molar-refractivity contribution in [3.8, 4) is 5.75 Å². The summed E-state index contributed by atoms with van der Waals surface area (Å²) in [5, 5.41) is 3.34. The molecule has 17 heavy (non-hydrogen) atoms. The van der Waals surface area contributed by atoms with Gasteiger partial charge in [0.1, 0.15) is 12.4 Å². The molecular weight excluding hydrogens is 238 g/mol. The molecule has 1 aliphatic rings. The Morgan fingerprint density at radius 1 is 1.35 bits per heavy atom. The Bertz CT molecular complexity index is 461. The van der Waals surface area contributed by atoms with Crippen molar-refractivity contribution in [2.45, 2.75) is 23.8 Å². The average molecular weight is 255 g/mol. The van der Waals surface area contributed by atoms with Gasteiger partial charge in [-0.1, -0.05) is 0 Å². The molecule has 0 unspecified atom stereocenters. The summed E-state index contributed by atoms with van der Waals surface area (Å²) in [6, 6.07) is 6.97. The van der Waals surface area contributed by atoms with Gasteiger partial charge in [-0.3, -0.25) is 0 Å². The van der Waals surface area contributed by atoms with Crippen molar-refractivity contribution in [3.05, 3.63) is 24.3 Å². The Labute approximate surface area is 102 Å². The predicted molar refractivity (Wildman–Crippen MR) is 66.1 cm³/mol. The monoisotopic (exact) mass is 255 g/mol. The maximum Gasteiger partial charge on any atom is 0.175 e. The molecule has 0 aliphatic carbocycles. The number of rotatable bonds is 4. The van der Waals surface area contributed by atoms with Crippen LogP contribution < -0.4 is 10.1 Å². The van der Waals surface area contributed by atoms with E-state index in [2.05, 4.69) is 5.32 Å². The molecule has 0 amide bonds. The van der Waals surface area contributed by atoms with Crippen LogP contribution in [0.25, 0.3) is 0 Å². The minimum absolute atomic E-state index is 0.323. The van der Waals surface area contributed by atoms with E-state index in [1.807, 2.05) is 0 Å². The molecule has 1 aromatic carbocycles. The molecule has 1 saturated heterocycles. The fraction of sp³-hybridized carbons (Fsp3) is 0.500. The molecule has 5 heteroatoms. The third-order valence-electron chi connectivity index (χ3n) is 2.87. The fourth-order valence-electron chi connectivity index (χ4n) is 1.88. The van der Waals surface area contributed by atoms with Gasteiger partial charge in [0.25, 0.3) is 0 Å². The lowest BCUT2D eigenvalue weighted by atomic mass is 10.2. The van der Waals surface area contributed by atoms with E-state index in [9.17, 15) is 8.42 Å². The zero-order valence-corrected chi connectivity index (χ0v) is 10.7. The summed E-state index contributed by atoms with van der Waals surface area (Å²) in [4.78, 5) is 0.323. The highest BCUT2D eigenvalue weighted by Gasteiger charge is 2.14. The maximum absolute atomic E-state index is 11.3. The number of nitrogens with one attached hydrogen (secondary N) is 1. The zero-order chi connectivity index (χ0) is 12.3. The summed E-state index contributed by atoms with van der Waals surface area (Å²) >= 11 is 0. The molecule has 2 rings (SSSR count). The van der Waals surface area contributed by atoms with Gasteiger partial charge >= 0.3 is 0 Å². The van der Waals surface area contributed by atoms with Gasteiger partial charge in [0.05, 0.1) is 4.90 Å². The number of hydrogen-bond acceptors (Lipinski definition) is 4. The van der Waals surface area contributed by atoms with Crippen molar-refractivity contribution >= 4 is 9.84 Å². The first-order valence-electron chi connectivity index (χ1n) is 5.72. The molecule has 4 nitrogen and oxygen atoms in total. The van der Waals surface area contributed by atoms with Crippen molar-refractivity contribution < 1.29 is 13.2 Å². The molecular formula is C12H17NO3S. The number of ether oxygens (including phenoxy) is 1. The summed E-state index contributed by atoms with van der Waals surface area (Å²) in [6.45, 7) is 1.69. The highest BCUT2D eigenvalue weighted by Crippen LogP contribution is 2.16. The maximum atomic E-state index is 11.3. The molecule has 0 spiro atoms. The zero-order valence-electron chi connectivity index (χ0n) is 9.85. The van der Waals surface area contributed by atoms with E-state index < -0.39 is 9.84 Å². The van der Waals surface area contributed by atoms with Crippen molar-refractivity contribution in [3.63, 3.8) is 0 Å². The number of hydrogen-bond donors (Lipinski definition) is 1. The predicted octanol–water partition coefficient (Wildman–Crippen LogP) is 1.22. The van der Waals surface area contributed by atoms with E-state index in [-0.39, 0.29) is 0 Å². The van der Waals surface area contributed by atoms with Crippen LogP contribution in [0.2, 0.25) is 0 Å². The second-order valence-electron chi connectivity index (χ2n) is 4.35. The van der Waals surface area contributed by atoms with Crippen LogP contribution in [0.1, 0.15) is 12.8 Å². The van der Waals surface area contributed by atoms with Crippen LogP contribution in [0.4, 0.5) is 0 Å². The van der Waals surface area contributed by atoms with Crippen molar-refractivity contribution in [2.24, 2.45) is 0 Å². The number of sulfone groups is 1. The van der Waals surface area contributed by atoms with Gasteiger partial charge in [0, 0.05) is 12.3 Å². The molecule has 0 saturated carbocycles. The van der Waals surface area contributed by atoms with Crippen LogP contribution in [0.5, 0.6) is 5.75 Å². The highest BCUT2D eigenvalue weighted by atomic mass is 32.2. The van der Waals surface area contributed by atoms with Crippen LogP contribution in [0.15, 0.2) is 29.2 Å². The van der Waals surface area contributed by atoms with E-state index in [0.717, 1.165) is 13.0 Å². The second-order valence-corrected chi connectivity index (χ2v) is 6.36. The second kappa shape index (κ2) is 5.06. The molecule has 1 aliphatic heterocycles. The normalized spacial score (nSPS) is 20.4. The van der Waals surface area contributed by atoms with E-state index >= 15 is 0 Å². The fourth-order valence-corrected chi connectivity index (χ4v) is 2.51. The van der Waals surface area contributed by atoms with Gasteiger partial charge in [-0.2, -0.15) is 0 Å². The Kier molecular flexibility index (Phi) is 3.69.